The Labute approximate surface area is 123 Å². The van der Waals surface area contributed by atoms with Crippen LogP contribution in [0.1, 0.15) is 24.3 Å². The van der Waals surface area contributed by atoms with E-state index >= 15 is 0 Å². The molecule has 0 aliphatic heterocycles. The number of hydrogen-bond donors (Lipinski definition) is 2. The standard InChI is InChI=1S/C15H16N2O2S/c1-11(20)17-14(13-8-5-9-19-13)15(18)16-10-12-6-3-2-4-7-12/h2-9,14H,10H2,1H3,(H,16,18)(H,17,20)/t14-/m1/s1. The minimum atomic E-state index is -0.605. The van der Waals surface area contributed by atoms with Gasteiger partial charge in [-0.15, -0.1) is 0 Å². The van der Waals surface area contributed by atoms with Crippen molar-refractivity contribution in [3.05, 3.63) is 60.1 Å². The van der Waals surface area contributed by atoms with Gasteiger partial charge in [-0.05, 0) is 24.6 Å². The van der Waals surface area contributed by atoms with Gasteiger partial charge in [0.15, 0.2) is 6.04 Å². The van der Waals surface area contributed by atoms with Crippen LogP contribution in [0.3, 0.4) is 0 Å². The summed E-state index contributed by atoms with van der Waals surface area (Å²) in [7, 11) is 0. The second kappa shape index (κ2) is 6.86. The van der Waals surface area contributed by atoms with Gasteiger partial charge in [-0.25, -0.2) is 0 Å². The lowest BCUT2D eigenvalue weighted by Crippen LogP contribution is -2.38. The number of rotatable bonds is 5. The van der Waals surface area contributed by atoms with Crippen LogP contribution in [0.4, 0.5) is 0 Å². The molecule has 1 amide bonds. The molecule has 20 heavy (non-hydrogen) atoms. The number of thiocarbonyl (C=S) groups is 1. The first-order chi connectivity index (χ1) is 9.66. The molecule has 1 aromatic carbocycles. The van der Waals surface area contributed by atoms with E-state index < -0.39 is 6.04 Å². The highest BCUT2D eigenvalue weighted by Crippen LogP contribution is 2.14. The molecule has 1 atom stereocenters. The van der Waals surface area contributed by atoms with Crippen LogP contribution < -0.4 is 10.6 Å². The Balaban J connectivity index is 2.02. The Bertz CT molecular complexity index is 567. The number of carbonyl (C=O) groups is 1. The molecule has 1 heterocycles. The lowest BCUT2D eigenvalue weighted by molar-refractivity contribution is -0.123. The highest BCUT2D eigenvalue weighted by atomic mass is 32.1. The van der Waals surface area contributed by atoms with Crippen LogP contribution >= 0.6 is 12.2 Å². The zero-order chi connectivity index (χ0) is 14.4. The van der Waals surface area contributed by atoms with E-state index in [1.54, 1.807) is 19.1 Å². The minimum absolute atomic E-state index is 0.173. The molecule has 2 rings (SSSR count). The van der Waals surface area contributed by atoms with Crippen molar-refractivity contribution in [2.45, 2.75) is 19.5 Å². The van der Waals surface area contributed by atoms with E-state index in [2.05, 4.69) is 10.6 Å². The first-order valence-electron chi connectivity index (χ1n) is 6.29. The molecule has 2 aromatic rings. The van der Waals surface area contributed by atoms with Crippen molar-refractivity contribution in [3.63, 3.8) is 0 Å². The average Bonchev–Trinajstić information content (AvgIpc) is 2.97. The monoisotopic (exact) mass is 288 g/mol. The summed E-state index contributed by atoms with van der Waals surface area (Å²) in [5, 5.41) is 5.82. The van der Waals surface area contributed by atoms with Crippen LogP contribution in [0.2, 0.25) is 0 Å². The van der Waals surface area contributed by atoms with Crippen molar-refractivity contribution < 1.29 is 9.21 Å². The van der Waals surface area contributed by atoms with Gasteiger partial charge in [-0.2, -0.15) is 0 Å². The predicted octanol–water partition coefficient (Wildman–Crippen LogP) is 2.57. The quantitative estimate of drug-likeness (QED) is 0.830. The number of hydrogen-bond acceptors (Lipinski definition) is 3. The molecule has 0 aliphatic carbocycles. The molecule has 0 radical (unpaired) electrons. The van der Waals surface area contributed by atoms with Gasteiger partial charge >= 0.3 is 0 Å². The summed E-state index contributed by atoms with van der Waals surface area (Å²) in [6, 6.07) is 12.6. The minimum Gasteiger partial charge on any atom is -0.467 e. The van der Waals surface area contributed by atoms with Gasteiger partial charge in [-0.1, -0.05) is 42.5 Å². The smallest absolute Gasteiger partial charge is 0.250 e. The van der Waals surface area contributed by atoms with E-state index in [0.717, 1.165) is 5.56 Å². The Morgan fingerprint density at radius 2 is 2.00 bits per heavy atom. The molecule has 1 aromatic heterocycles. The molecule has 2 N–H and O–H groups in total. The molecule has 4 nitrogen and oxygen atoms in total. The van der Waals surface area contributed by atoms with Crippen LogP contribution in [-0.2, 0) is 11.3 Å². The SMILES string of the molecule is CC(=S)N[C@@H](C(=O)NCc1ccccc1)c1ccco1. The second-order valence-electron chi connectivity index (χ2n) is 4.35. The van der Waals surface area contributed by atoms with Crippen molar-refractivity contribution >= 4 is 23.1 Å². The van der Waals surface area contributed by atoms with E-state index in [0.29, 0.717) is 17.3 Å². The van der Waals surface area contributed by atoms with E-state index in [1.165, 1.54) is 6.26 Å². The summed E-state index contributed by atoms with van der Waals surface area (Å²) in [6.45, 7) is 2.20. The molecule has 104 valence electrons. The fourth-order valence-corrected chi connectivity index (χ4v) is 1.93. The summed E-state index contributed by atoms with van der Waals surface area (Å²) < 4.78 is 5.29. The van der Waals surface area contributed by atoms with E-state index in [1.807, 2.05) is 30.3 Å². The first-order valence-corrected chi connectivity index (χ1v) is 6.70. The maximum Gasteiger partial charge on any atom is 0.250 e. The lowest BCUT2D eigenvalue weighted by Gasteiger charge is -2.16. The molecule has 5 heteroatoms. The number of benzene rings is 1. The van der Waals surface area contributed by atoms with Crippen molar-refractivity contribution in [1.82, 2.24) is 10.6 Å². The van der Waals surface area contributed by atoms with Crippen LogP contribution in [0.25, 0.3) is 0 Å². The van der Waals surface area contributed by atoms with Crippen molar-refractivity contribution in [1.29, 1.82) is 0 Å². The number of amides is 1. The number of carbonyl (C=O) groups excluding carboxylic acids is 1. The van der Waals surface area contributed by atoms with Crippen molar-refractivity contribution in [3.8, 4) is 0 Å². The molecule has 0 aliphatic rings. The molecular weight excluding hydrogens is 272 g/mol. The molecule has 0 saturated carbocycles. The maximum absolute atomic E-state index is 12.3. The summed E-state index contributed by atoms with van der Waals surface area (Å²) in [6.07, 6.45) is 1.53. The Hall–Kier alpha value is -2.14. The molecule has 0 unspecified atom stereocenters. The third kappa shape index (κ3) is 3.93. The Kier molecular flexibility index (Phi) is 4.90. The maximum atomic E-state index is 12.3. The van der Waals surface area contributed by atoms with Gasteiger partial charge in [-0.3, -0.25) is 4.79 Å². The van der Waals surface area contributed by atoms with E-state index in [4.69, 9.17) is 16.6 Å². The number of furan rings is 1. The third-order valence-corrected chi connectivity index (χ3v) is 2.86. The molecule has 0 saturated heterocycles. The van der Waals surface area contributed by atoms with E-state index in [-0.39, 0.29) is 5.91 Å². The van der Waals surface area contributed by atoms with Crippen LogP contribution in [0, 0.1) is 0 Å². The highest BCUT2D eigenvalue weighted by Gasteiger charge is 2.22. The fraction of sp³-hybridized carbons (Fsp3) is 0.200. The Morgan fingerprint density at radius 1 is 1.25 bits per heavy atom. The van der Waals surface area contributed by atoms with Gasteiger partial charge in [0.2, 0.25) is 0 Å². The topological polar surface area (TPSA) is 54.3 Å². The van der Waals surface area contributed by atoms with Gasteiger partial charge < -0.3 is 15.1 Å². The van der Waals surface area contributed by atoms with Crippen molar-refractivity contribution in [2.75, 3.05) is 0 Å². The molecule has 0 spiro atoms. The normalized spacial score (nSPS) is 11.7. The average molecular weight is 288 g/mol. The molecular formula is C15H16N2O2S. The summed E-state index contributed by atoms with van der Waals surface area (Å²) in [5.74, 6) is 0.368. The van der Waals surface area contributed by atoms with Gasteiger partial charge in [0, 0.05) is 6.54 Å². The summed E-state index contributed by atoms with van der Waals surface area (Å²) >= 11 is 5.01. The molecule has 0 fully saturated rings. The Morgan fingerprint density at radius 3 is 2.60 bits per heavy atom. The summed E-state index contributed by atoms with van der Waals surface area (Å²) in [5.41, 5.74) is 1.04. The second-order valence-corrected chi connectivity index (χ2v) is 4.96. The zero-order valence-electron chi connectivity index (χ0n) is 11.1. The van der Waals surface area contributed by atoms with Gasteiger partial charge in [0.25, 0.3) is 5.91 Å². The third-order valence-electron chi connectivity index (χ3n) is 2.75. The predicted molar refractivity (Wildman–Crippen MR) is 81.1 cm³/mol. The number of nitrogens with one attached hydrogen (secondary N) is 2. The fourth-order valence-electron chi connectivity index (χ4n) is 1.81. The van der Waals surface area contributed by atoms with Crippen LogP contribution in [0.5, 0.6) is 0 Å². The van der Waals surface area contributed by atoms with Gasteiger partial charge in [0.05, 0.1) is 11.3 Å². The van der Waals surface area contributed by atoms with E-state index in [9.17, 15) is 4.79 Å². The largest absolute Gasteiger partial charge is 0.467 e. The van der Waals surface area contributed by atoms with Crippen molar-refractivity contribution in [2.24, 2.45) is 0 Å². The zero-order valence-corrected chi connectivity index (χ0v) is 11.9. The highest BCUT2D eigenvalue weighted by molar-refractivity contribution is 7.80. The van der Waals surface area contributed by atoms with Crippen LogP contribution in [0.15, 0.2) is 53.1 Å². The van der Waals surface area contributed by atoms with Gasteiger partial charge in [0.1, 0.15) is 5.76 Å². The molecule has 0 bridgehead atoms. The first kappa shape index (κ1) is 14.3. The summed E-state index contributed by atoms with van der Waals surface area (Å²) in [4.78, 5) is 12.8. The van der Waals surface area contributed by atoms with Crippen LogP contribution in [-0.4, -0.2) is 10.9 Å². The lowest BCUT2D eigenvalue weighted by atomic mass is 10.2.